The van der Waals surface area contributed by atoms with Gasteiger partial charge in [-0.3, -0.25) is 4.98 Å². The van der Waals surface area contributed by atoms with Gasteiger partial charge in [0.05, 0.1) is 28.4 Å². The predicted octanol–water partition coefficient (Wildman–Crippen LogP) is 9.96. The second-order valence-corrected chi connectivity index (χ2v) is 10.6. The van der Waals surface area contributed by atoms with E-state index in [4.69, 9.17) is 10.2 Å². The quantitative estimate of drug-likeness (QED) is 0.212. The smallest absolute Gasteiger partial charge is 0.0991 e. The molecule has 0 radical (unpaired) electrons. The highest BCUT2D eigenvalue weighted by Crippen LogP contribution is 2.35. The molecule has 0 atom stereocenters. The molecule has 0 spiro atoms. The first-order valence-electron chi connectivity index (χ1n) is 14.0. The Hall–Kier alpha value is -5.85. The van der Waals surface area contributed by atoms with Crippen molar-refractivity contribution in [2.75, 3.05) is 0 Å². The topological polar surface area (TPSA) is 49.6 Å². The SMILES string of the molecule is N#Cc1ccc(-c2ccc3cc(-c4ccc5cccc(-c6ccc7ccc8cccnc8c7n6)c5c4)ccc3c2)cc1. The Morgan fingerprint density at radius 2 is 1.07 bits per heavy atom. The average Bonchev–Trinajstić information content (AvgIpc) is 3.07. The molecule has 2 heterocycles. The van der Waals surface area contributed by atoms with Crippen LogP contribution < -0.4 is 0 Å². The minimum Gasteiger partial charge on any atom is -0.254 e. The van der Waals surface area contributed by atoms with Crippen LogP contribution in [0, 0.1) is 11.3 Å². The van der Waals surface area contributed by atoms with E-state index in [1.54, 1.807) is 0 Å². The molecule has 0 aliphatic rings. The number of hydrogen-bond acceptors (Lipinski definition) is 3. The first-order valence-corrected chi connectivity index (χ1v) is 14.0. The highest BCUT2D eigenvalue weighted by atomic mass is 14.8. The van der Waals surface area contributed by atoms with Gasteiger partial charge >= 0.3 is 0 Å². The lowest BCUT2D eigenvalue weighted by molar-refractivity contribution is 1.37. The van der Waals surface area contributed by atoms with Gasteiger partial charge in [-0.1, -0.05) is 91.0 Å². The molecule has 6 aromatic carbocycles. The standard InChI is InChI=1S/C39H23N3/c40-24-25-6-8-26(9-7-25)30-14-15-32-22-33(17-16-31(32)21-30)34-13-10-27-3-1-5-35(36(27)23-34)37-19-18-29-12-11-28-4-2-20-41-38(28)39(29)42-37/h1-23H. The van der Waals surface area contributed by atoms with Crippen molar-refractivity contribution in [1.29, 1.82) is 5.26 Å². The summed E-state index contributed by atoms with van der Waals surface area (Å²) in [5, 5.41) is 16.0. The van der Waals surface area contributed by atoms with Crippen LogP contribution in [0.25, 0.3) is 76.9 Å². The zero-order valence-corrected chi connectivity index (χ0v) is 22.6. The van der Waals surface area contributed by atoms with Crippen molar-refractivity contribution >= 4 is 43.4 Å². The molecule has 8 aromatic rings. The zero-order valence-electron chi connectivity index (χ0n) is 22.6. The summed E-state index contributed by atoms with van der Waals surface area (Å²) >= 11 is 0. The van der Waals surface area contributed by atoms with Gasteiger partial charge in [-0.25, -0.2) is 4.98 Å². The molecule has 0 N–H and O–H groups in total. The maximum absolute atomic E-state index is 9.11. The van der Waals surface area contributed by atoms with Gasteiger partial charge in [-0.15, -0.1) is 0 Å². The van der Waals surface area contributed by atoms with Crippen LogP contribution in [0.1, 0.15) is 5.56 Å². The normalized spacial score (nSPS) is 11.3. The molecule has 0 saturated carbocycles. The number of hydrogen-bond donors (Lipinski definition) is 0. The molecule has 0 saturated heterocycles. The summed E-state index contributed by atoms with van der Waals surface area (Å²) in [5.74, 6) is 0. The average molecular weight is 534 g/mol. The first kappa shape index (κ1) is 24.0. The summed E-state index contributed by atoms with van der Waals surface area (Å²) in [6.45, 7) is 0. The third kappa shape index (κ3) is 4.06. The van der Waals surface area contributed by atoms with Gasteiger partial charge in [0.25, 0.3) is 0 Å². The van der Waals surface area contributed by atoms with E-state index >= 15 is 0 Å². The van der Waals surface area contributed by atoms with Gasteiger partial charge in [0.2, 0.25) is 0 Å². The van der Waals surface area contributed by atoms with Crippen LogP contribution in [0.3, 0.4) is 0 Å². The highest BCUT2D eigenvalue weighted by Gasteiger charge is 2.11. The second kappa shape index (κ2) is 9.66. The summed E-state index contributed by atoms with van der Waals surface area (Å²) in [6.07, 6.45) is 1.83. The Bertz CT molecular complexity index is 2360. The predicted molar refractivity (Wildman–Crippen MR) is 173 cm³/mol. The maximum atomic E-state index is 9.11. The van der Waals surface area contributed by atoms with Crippen molar-refractivity contribution < 1.29 is 0 Å². The number of benzene rings is 6. The fourth-order valence-electron chi connectivity index (χ4n) is 5.89. The van der Waals surface area contributed by atoms with Crippen LogP contribution in [0.2, 0.25) is 0 Å². The van der Waals surface area contributed by atoms with E-state index in [9.17, 15) is 0 Å². The fraction of sp³-hybridized carbons (Fsp3) is 0. The third-order valence-corrected chi connectivity index (χ3v) is 8.11. The van der Waals surface area contributed by atoms with Gasteiger partial charge in [0, 0.05) is 22.5 Å². The Kier molecular flexibility index (Phi) is 5.52. The summed E-state index contributed by atoms with van der Waals surface area (Å²) < 4.78 is 0. The number of pyridine rings is 2. The highest BCUT2D eigenvalue weighted by molar-refractivity contribution is 6.05. The van der Waals surface area contributed by atoms with Crippen molar-refractivity contribution in [3.8, 4) is 39.6 Å². The minimum atomic E-state index is 0.671. The van der Waals surface area contributed by atoms with E-state index in [-0.39, 0.29) is 0 Å². The molecule has 0 aliphatic heterocycles. The van der Waals surface area contributed by atoms with Gasteiger partial charge in [0.15, 0.2) is 0 Å². The second-order valence-electron chi connectivity index (χ2n) is 10.6. The van der Waals surface area contributed by atoms with E-state index in [0.717, 1.165) is 44.2 Å². The largest absolute Gasteiger partial charge is 0.254 e. The Morgan fingerprint density at radius 3 is 1.83 bits per heavy atom. The van der Waals surface area contributed by atoms with E-state index < -0.39 is 0 Å². The lowest BCUT2D eigenvalue weighted by atomic mass is 9.94. The van der Waals surface area contributed by atoms with Crippen LogP contribution in [-0.2, 0) is 0 Å². The van der Waals surface area contributed by atoms with Crippen molar-refractivity contribution in [1.82, 2.24) is 9.97 Å². The summed E-state index contributed by atoms with van der Waals surface area (Å²) in [6, 6.07) is 48.7. The van der Waals surface area contributed by atoms with Gasteiger partial charge < -0.3 is 0 Å². The van der Waals surface area contributed by atoms with Crippen LogP contribution in [-0.4, -0.2) is 9.97 Å². The van der Waals surface area contributed by atoms with E-state index in [1.165, 1.54) is 32.7 Å². The minimum absolute atomic E-state index is 0.671. The summed E-state index contributed by atoms with van der Waals surface area (Å²) in [5.41, 5.74) is 9.16. The molecule has 0 amide bonds. The van der Waals surface area contributed by atoms with Gasteiger partial charge in [-0.05, 0) is 86.3 Å². The number of fused-ring (bicyclic) bond motifs is 5. The van der Waals surface area contributed by atoms with Gasteiger partial charge in [-0.2, -0.15) is 5.26 Å². The number of rotatable bonds is 3. The Labute approximate surface area is 243 Å². The first-order chi connectivity index (χ1) is 20.7. The van der Waals surface area contributed by atoms with Crippen LogP contribution in [0.15, 0.2) is 140 Å². The molecule has 2 aromatic heterocycles. The van der Waals surface area contributed by atoms with Crippen molar-refractivity contribution in [3.63, 3.8) is 0 Å². The molecule has 0 fully saturated rings. The van der Waals surface area contributed by atoms with Crippen LogP contribution >= 0.6 is 0 Å². The van der Waals surface area contributed by atoms with Crippen molar-refractivity contribution in [3.05, 3.63) is 145 Å². The van der Waals surface area contributed by atoms with Crippen LogP contribution in [0.5, 0.6) is 0 Å². The number of nitriles is 1. The van der Waals surface area contributed by atoms with Crippen LogP contribution in [0.4, 0.5) is 0 Å². The molecule has 3 nitrogen and oxygen atoms in total. The molecule has 3 heteroatoms. The number of nitrogens with zero attached hydrogens (tertiary/aromatic N) is 3. The fourth-order valence-corrected chi connectivity index (χ4v) is 5.89. The van der Waals surface area contributed by atoms with Gasteiger partial charge in [0.1, 0.15) is 0 Å². The maximum Gasteiger partial charge on any atom is 0.0991 e. The molecule has 42 heavy (non-hydrogen) atoms. The van der Waals surface area contributed by atoms with E-state index in [0.29, 0.717) is 5.56 Å². The van der Waals surface area contributed by atoms with E-state index in [1.807, 2.05) is 36.5 Å². The molecule has 0 aliphatic carbocycles. The Morgan fingerprint density at radius 1 is 0.476 bits per heavy atom. The summed E-state index contributed by atoms with van der Waals surface area (Å²) in [7, 11) is 0. The Balaban J connectivity index is 1.21. The third-order valence-electron chi connectivity index (χ3n) is 8.11. The lowest BCUT2D eigenvalue weighted by Crippen LogP contribution is -1.90. The molecular formula is C39H23N3. The number of aromatic nitrogens is 2. The van der Waals surface area contributed by atoms with E-state index in [2.05, 4.69) is 114 Å². The molecular weight excluding hydrogens is 510 g/mol. The molecule has 0 unspecified atom stereocenters. The molecule has 194 valence electrons. The molecule has 0 bridgehead atoms. The molecule has 8 rings (SSSR count). The van der Waals surface area contributed by atoms with Crippen molar-refractivity contribution in [2.24, 2.45) is 0 Å². The lowest BCUT2D eigenvalue weighted by Gasteiger charge is -2.11. The van der Waals surface area contributed by atoms with Crippen molar-refractivity contribution in [2.45, 2.75) is 0 Å². The summed E-state index contributed by atoms with van der Waals surface area (Å²) in [4.78, 5) is 9.77. The zero-order chi connectivity index (χ0) is 28.0. The monoisotopic (exact) mass is 533 g/mol.